The highest BCUT2D eigenvalue weighted by Crippen LogP contribution is 2.23. The van der Waals surface area contributed by atoms with Gasteiger partial charge in [0.2, 0.25) is 0 Å². The van der Waals surface area contributed by atoms with E-state index >= 15 is 0 Å². The second kappa shape index (κ2) is 7.70. The van der Waals surface area contributed by atoms with Gasteiger partial charge in [0.1, 0.15) is 0 Å². The number of hydrogen-bond donors (Lipinski definition) is 2. The summed E-state index contributed by atoms with van der Waals surface area (Å²) in [5.74, 6) is 0.149. The number of aryl methyl sites for hydroxylation is 2. The van der Waals surface area contributed by atoms with Crippen LogP contribution < -0.4 is 10.6 Å². The van der Waals surface area contributed by atoms with E-state index in [1.165, 1.54) is 0 Å². The van der Waals surface area contributed by atoms with Crippen LogP contribution in [-0.4, -0.2) is 28.0 Å². The zero-order valence-electron chi connectivity index (χ0n) is 13.7. The Balaban J connectivity index is 1.99. The highest BCUT2D eigenvalue weighted by Gasteiger charge is 2.14. The number of thiazole rings is 1. The van der Waals surface area contributed by atoms with Gasteiger partial charge in [-0.05, 0) is 25.5 Å². The number of urea groups is 1. The highest BCUT2D eigenvalue weighted by molar-refractivity contribution is 7.84. The van der Waals surface area contributed by atoms with Crippen molar-refractivity contribution in [1.29, 1.82) is 0 Å². The lowest BCUT2D eigenvalue weighted by atomic mass is 10.2. The molecule has 2 atom stereocenters. The smallest absolute Gasteiger partial charge is 0.319 e. The molecule has 0 saturated heterocycles. The molecular formula is C16H21N3O2S2. The average molecular weight is 351 g/mol. The number of benzene rings is 1. The van der Waals surface area contributed by atoms with Gasteiger partial charge in [0.15, 0.2) is 0 Å². The number of hydrogen-bond acceptors (Lipinski definition) is 4. The minimum absolute atomic E-state index is 0.149. The molecule has 2 aromatic rings. The summed E-state index contributed by atoms with van der Waals surface area (Å²) in [6.07, 6.45) is 1.60. The Hall–Kier alpha value is -1.73. The van der Waals surface area contributed by atoms with Gasteiger partial charge in [-0.3, -0.25) is 4.21 Å². The molecule has 0 unspecified atom stereocenters. The molecule has 2 rings (SSSR count). The molecular weight excluding hydrogens is 330 g/mol. The van der Waals surface area contributed by atoms with E-state index in [4.69, 9.17) is 0 Å². The minimum Gasteiger partial charge on any atom is -0.337 e. The van der Waals surface area contributed by atoms with Crippen molar-refractivity contribution in [3.8, 4) is 0 Å². The Morgan fingerprint density at radius 2 is 2.13 bits per heavy atom. The van der Waals surface area contributed by atoms with Crippen molar-refractivity contribution >= 4 is 33.9 Å². The number of carbonyl (C=O) groups is 1. The summed E-state index contributed by atoms with van der Waals surface area (Å²) in [6, 6.07) is 5.18. The van der Waals surface area contributed by atoms with Gasteiger partial charge in [0.05, 0.1) is 26.4 Å². The first-order chi connectivity index (χ1) is 10.9. The third-order valence-corrected chi connectivity index (χ3v) is 5.56. The monoisotopic (exact) mass is 351 g/mol. The number of para-hydroxylation sites is 1. The van der Waals surface area contributed by atoms with Crippen LogP contribution in [0.2, 0.25) is 0 Å². The van der Waals surface area contributed by atoms with Crippen LogP contribution in [0, 0.1) is 13.8 Å². The molecule has 1 heterocycles. The molecule has 5 nitrogen and oxygen atoms in total. The van der Waals surface area contributed by atoms with Crippen LogP contribution in [-0.2, 0) is 10.8 Å². The van der Waals surface area contributed by atoms with E-state index in [0.29, 0.717) is 17.1 Å². The minimum atomic E-state index is -1.16. The zero-order chi connectivity index (χ0) is 17.0. The molecule has 1 aromatic heterocycles. The van der Waals surface area contributed by atoms with Gasteiger partial charge in [-0.15, -0.1) is 11.3 Å². The topological polar surface area (TPSA) is 71.1 Å². The SMILES string of the molecule is Cc1csc([C@H](C)CNC(=O)Nc2c(C)cccc2[S@](C)=O)n1. The van der Waals surface area contributed by atoms with E-state index in [9.17, 15) is 9.00 Å². The summed E-state index contributed by atoms with van der Waals surface area (Å²) in [5, 5.41) is 8.67. The standard InChI is InChI=1S/C16H21N3O2S2/c1-10-6-5-7-13(23(4)21)14(10)19-16(20)17-8-11(2)15-18-12(3)9-22-15/h5-7,9,11H,8H2,1-4H3,(H2,17,19,20)/t11-,23+/m1/s1. The first-order valence-corrected chi connectivity index (χ1v) is 9.72. The molecule has 23 heavy (non-hydrogen) atoms. The van der Waals surface area contributed by atoms with Gasteiger partial charge < -0.3 is 10.6 Å². The van der Waals surface area contributed by atoms with Crippen molar-refractivity contribution in [3.05, 3.63) is 39.8 Å². The first-order valence-electron chi connectivity index (χ1n) is 7.28. The molecule has 1 aromatic carbocycles. The van der Waals surface area contributed by atoms with Crippen molar-refractivity contribution in [2.24, 2.45) is 0 Å². The molecule has 2 N–H and O–H groups in total. The van der Waals surface area contributed by atoms with Gasteiger partial charge in [-0.2, -0.15) is 0 Å². The summed E-state index contributed by atoms with van der Waals surface area (Å²) in [7, 11) is -1.16. The molecule has 2 amide bonds. The first kappa shape index (κ1) is 17.6. The van der Waals surface area contributed by atoms with Gasteiger partial charge in [0.25, 0.3) is 0 Å². The molecule has 7 heteroatoms. The van der Waals surface area contributed by atoms with E-state index in [2.05, 4.69) is 15.6 Å². The summed E-state index contributed by atoms with van der Waals surface area (Å²) < 4.78 is 11.8. The largest absolute Gasteiger partial charge is 0.337 e. The Morgan fingerprint density at radius 1 is 1.39 bits per heavy atom. The van der Waals surface area contributed by atoms with Crippen molar-refractivity contribution < 1.29 is 9.00 Å². The van der Waals surface area contributed by atoms with Gasteiger partial charge >= 0.3 is 6.03 Å². The predicted molar refractivity (Wildman–Crippen MR) is 95.8 cm³/mol. The van der Waals surface area contributed by atoms with Crippen LogP contribution in [0.4, 0.5) is 10.5 Å². The Bertz CT molecular complexity index is 728. The van der Waals surface area contributed by atoms with Crippen molar-refractivity contribution in [2.45, 2.75) is 31.6 Å². The summed E-state index contributed by atoms with van der Waals surface area (Å²) in [5.41, 5.74) is 2.50. The van der Waals surface area contributed by atoms with Gasteiger partial charge in [-0.25, -0.2) is 9.78 Å². The number of anilines is 1. The fourth-order valence-electron chi connectivity index (χ4n) is 2.13. The van der Waals surface area contributed by atoms with E-state index in [1.807, 2.05) is 38.3 Å². The lowest BCUT2D eigenvalue weighted by molar-refractivity contribution is 0.251. The van der Waals surface area contributed by atoms with Gasteiger partial charge in [-0.1, -0.05) is 19.1 Å². The molecule has 124 valence electrons. The van der Waals surface area contributed by atoms with E-state index < -0.39 is 10.8 Å². The Morgan fingerprint density at radius 3 is 2.74 bits per heavy atom. The maximum atomic E-state index is 12.1. The lowest BCUT2D eigenvalue weighted by Crippen LogP contribution is -2.32. The third kappa shape index (κ3) is 4.62. The third-order valence-electron chi connectivity index (χ3n) is 3.41. The number of amides is 2. The number of aromatic nitrogens is 1. The van der Waals surface area contributed by atoms with Gasteiger partial charge in [0, 0.05) is 29.8 Å². The van der Waals surface area contributed by atoms with E-state index in [1.54, 1.807) is 23.7 Å². The molecule has 0 spiro atoms. The molecule has 0 fully saturated rings. The Labute approximate surface area is 143 Å². The summed E-state index contributed by atoms with van der Waals surface area (Å²) >= 11 is 1.60. The van der Waals surface area contributed by atoms with Crippen molar-refractivity contribution in [2.75, 3.05) is 18.1 Å². The van der Waals surface area contributed by atoms with Crippen LogP contribution in [0.5, 0.6) is 0 Å². The molecule has 0 aliphatic rings. The molecule has 0 aliphatic carbocycles. The maximum absolute atomic E-state index is 12.1. The van der Waals surface area contributed by atoms with Crippen LogP contribution in [0.3, 0.4) is 0 Å². The van der Waals surface area contributed by atoms with Crippen molar-refractivity contribution in [1.82, 2.24) is 10.3 Å². The molecule has 0 aliphatic heterocycles. The Kier molecular flexibility index (Phi) is 5.90. The highest BCUT2D eigenvalue weighted by atomic mass is 32.2. The van der Waals surface area contributed by atoms with Crippen LogP contribution in [0.25, 0.3) is 0 Å². The van der Waals surface area contributed by atoms with E-state index in [-0.39, 0.29) is 11.9 Å². The van der Waals surface area contributed by atoms with E-state index in [0.717, 1.165) is 16.3 Å². The second-order valence-electron chi connectivity index (χ2n) is 5.47. The number of nitrogens with one attached hydrogen (secondary N) is 2. The second-order valence-corrected chi connectivity index (χ2v) is 7.70. The quantitative estimate of drug-likeness (QED) is 0.867. The average Bonchev–Trinajstić information content (AvgIpc) is 2.93. The molecule has 0 saturated carbocycles. The number of carbonyl (C=O) groups excluding carboxylic acids is 1. The lowest BCUT2D eigenvalue weighted by Gasteiger charge is -2.14. The summed E-state index contributed by atoms with van der Waals surface area (Å²) in [4.78, 5) is 17.2. The van der Waals surface area contributed by atoms with Crippen LogP contribution in [0.15, 0.2) is 28.5 Å². The summed E-state index contributed by atoms with van der Waals surface area (Å²) in [6.45, 7) is 6.36. The fourth-order valence-corrected chi connectivity index (χ4v) is 3.76. The molecule has 0 bridgehead atoms. The van der Waals surface area contributed by atoms with Crippen molar-refractivity contribution in [3.63, 3.8) is 0 Å². The fraction of sp³-hybridized carbons (Fsp3) is 0.375. The molecule has 0 radical (unpaired) electrons. The van der Waals surface area contributed by atoms with Crippen LogP contribution >= 0.6 is 11.3 Å². The number of nitrogens with zero attached hydrogens (tertiary/aromatic N) is 1. The maximum Gasteiger partial charge on any atom is 0.319 e. The number of rotatable bonds is 5. The predicted octanol–water partition coefficient (Wildman–Crippen LogP) is 3.42. The van der Waals surface area contributed by atoms with Crippen LogP contribution in [0.1, 0.15) is 29.1 Å². The normalized spacial score (nSPS) is 13.4. The zero-order valence-corrected chi connectivity index (χ0v) is 15.3.